The van der Waals surface area contributed by atoms with E-state index in [4.69, 9.17) is 5.73 Å². The van der Waals surface area contributed by atoms with Gasteiger partial charge in [0.25, 0.3) is 0 Å². The molecule has 0 saturated carbocycles. The summed E-state index contributed by atoms with van der Waals surface area (Å²) in [5, 5.41) is 11.7. The van der Waals surface area contributed by atoms with E-state index in [1.54, 1.807) is 6.07 Å². The third kappa shape index (κ3) is 2.24. The van der Waals surface area contributed by atoms with Gasteiger partial charge in [0.1, 0.15) is 17.0 Å². The van der Waals surface area contributed by atoms with Gasteiger partial charge in [-0.25, -0.2) is 9.97 Å². The zero-order chi connectivity index (χ0) is 13.4. The number of hydrogen-bond donors (Lipinski definition) is 1. The molecule has 2 N–H and O–H groups in total. The van der Waals surface area contributed by atoms with Crippen molar-refractivity contribution in [3.8, 4) is 0 Å². The van der Waals surface area contributed by atoms with Crippen molar-refractivity contribution in [2.45, 2.75) is 18.9 Å². The van der Waals surface area contributed by atoms with Gasteiger partial charge in [-0.1, -0.05) is 0 Å². The van der Waals surface area contributed by atoms with Crippen molar-refractivity contribution in [3.63, 3.8) is 0 Å². The Morgan fingerprint density at radius 1 is 1.53 bits per heavy atom. The van der Waals surface area contributed by atoms with Crippen molar-refractivity contribution in [2.75, 3.05) is 18.0 Å². The number of piperidine rings is 1. The van der Waals surface area contributed by atoms with Crippen LogP contribution in [0.2, 0.25) is 0 Å². The Hall–Kier alpha value is -1.80. The molecule has 0 aliphatic carbocycles. The Balaban J connectivity index is 2.05. The molecule has 1 atom stereocenters. The van der Waals surface area contributed by atoms with Crippen LogP contribution in [-0.4, -0.2) is 34.0 Å². The fourth-order valence-corrected chi connectivity index (χ4v) is 3.18. The lowest BCUT2D eigenvalue weighted by molar-refractivity contribution is -0.380. The maximum absolute atomic E-state index is 10.8. The number of hydrogen-bond acceptors (Lipinski definition) is 7. The molecule has 3 heterocycles. The molecule has 2 aromatic rings. The van der Waals surface area contributed by atoms with E-state index >= 15 is 0 Å². The Bertz CT molecular complexity index is 629. The summed E-state index contributed by atoms with van der Waals surface area (Å²) in [5.74, 6) is 0.754. The average molecular weight is 279 g/mol. The SMILES string of the molecule is N[C@@H]1CCCN(c2ncnc3sc([N+](=O)[O-])cc23)C1. The summed E-state index contributed by atoms with van der Waals surface area (Å²) in [4.78, 5) is 21.6. The summed E-state index contributed by atoms with van der Waals surface area (Å²) >= 11 is 1.08. The Morgan fingerprint density at radius 3 is 3.11 bits per heavy atom. The molecule has 0 radical (unpaired) electrons. The highest BCUT2D eigenvalue weighted by atomic mass is 32.1. The smallest absolute Gasteiger partial charge is 0.326 e. The van der Waals surface area contributed by atoms with Crippen molar-refractivity contribution < 1.29 is 4.92 Å². The lowest BCUT2D eigenvalue weighted by Crippen LogP contribution is -2.43. The van der Waals surface area contributed by atoms with Gasteiger partial charge < -0.3 is 10.6 Å². The normalized spacial score (nSPS) is 19.8. The average Bonchev–Trinajstić information content (AvgIpc) is 2.82. The number of nitro groups is 1. The predicted octanol–water partition coefficient (Wildman–Crippen LogP) is 1.53. The molecule has 8 heteroatoms. The molecule has 0 amide bonds. The Kier molecular flexibility index (Phi) is 3.03. The van der Waals surface area contributed by atoms with Crippen LogP contribution in [0.15, 0.2) is 12.4 Å². The lowest BCUT2D eigenvalue weighted by Gasteiger charge is -2.31. The molecular formula is C11H13N5O2S. The molecule has 7 nitrogen and oxygen atoms in total. The Labute approximate surface area is 113 Å². The second-order valence-corrected chi connectivity index (χ2v) is 5.62. The molecule has 3 rings (SSSR count). The second kappa shape index (κ2) is 4.71. The topological polar surface area (TPSA) is 98.2 Å². The Morgan fingerprint density at radius 2 is 2.37 bits per heavy atom. The van der Waals surface area contributed by atoms with Crippen molar-refractivity contribution in [3.05, 3.63) is 22.5 Å². The summed E-state index contributed by atoms with van der Waals surface area (Å²) < 4.78 is 0. The minimum Gasteiger partial charge on any atom is -0.354 e. The quantitative estimate of drug-likeness (QED) is 0.661. The largest absolute Gasteiger partial charge is 0.354 e. The van der Waals surface area contributed by atoms with Gasteiger partial charge in [0, 0.05) is 25.2 Å². The van der Waals surface area contributed by atoms with Crippen LogP contribution in [0.3, 0.4) is 0 Å². The standard InChI is InChI=1S/C11H13N5O2S/c12-7-2-1-3-15(5-7)10-8-4-9(16(17)18)19-11(8)14-6-13-10/h4,6-7H,1-3,5,12H2/t7-/m1/s1. The van der Waals surface area contributed by atoms with Gasteiger partial charge in [-0.05, 0) is 24.2 Å². The van der Waals surface area contributed by atoms with Gasteiger partial charge in [-0.3, -0.25) is 10.1 Å². The number of fused-ring (bicyclic) bond motifs is 1. The predicted molar refractivity (Wildman–Crippen MR) is 73.5 cm³/mol. The molecule has 0 bridgehead atoms. The van der Waals surface area contributed by atoms with E-state index in [-0.39, 0.29) is 11.0 Å². The monoisotopic (exact) mass is 279 g/mol. The number of rotatable bonds is 2. The van der Waals surface area contributed by atoms with Gasteiger partial charge in [0.05, 0.1) is 10.3 Å². The van der Waals surface area contributed by atoms with Gasteiger partial charge in [-0.15, -0.1) is 0 Å². The molecule has 1 aliphatic heterocycles. The van der Waals surface area contributed by atoms with Crippen molar-refractivity contribution in [2.24, 2.45) is 5.73 Å². The zero-order valence-electron chi connectivity index (χ0n) is 10.2. The number of aromatic nitrogens is 2. The van der Waals surface area contributed by atoms with Gasteiger partial charge in [0.15, 0.2) is 0 Å². The van der Waals surface area contributed by atoms with E-state index < -0.39 is 4.92 Å². The van der Waals surface area contributed by atoms with E-state index in [1.165, 1.54) is 6.33 Å². The van der Waals surface area contributed by atoms with Crippen LogP contribution >= 0.6 is 11.3 Å². The highest BCUT2D eigenvalue weighted by Gasteiger charge is 2.22. The summed E-state index contributed by atoms with van der Waals surface area (Å²) in [6.07, 6.45) is 3.48. The van der Waals surface area contributed by atoms with Crippen LogP contribution in [0.4, 0.5) is 10.8 Å². The highest BCUT2D eigenvalue weighted by molar-refractivity contribution is 7.21. The summed E-state index contributed by atoms with van der Waals surface area (Å²) in [5.41, 5.74) is 5.97. The molecule has 0 aromatic carbocycles. The maximum atomic E-state index is 10.8. The third-order valence-electron chi connectivity index (χ3n) is 3.23. The fraction of sp³-hybridized carbons (Fsp3) is 0.455. The molecule has 1 fully saturated rings. The van der Waals surface area contributed by atoms with Gasteiger partial charge >= 0.3 is 5.00 Å². The van der Waals surface area contributed by atoms with Crippen LogP contribution < -0.4 is 10.6 Å². The molecule has 1 aliphatic rings. The van der Waals surface area contributed by atoms with E-state index in [9.17, 15) is 10.1 Å². The first kappa shape index (κ1) is 12.2. The van der Waals surface area contributed by atoms with Crippen LogP contribution in [0.5, 0.6) is 0 Å². The molecule has 1 saturated heterocycles. The van der Waals surface area contributed by atoms with Gasteiger partial charge in [-0.2, -0.15) is 0 Å². The first-order chi connectivity index (χ1) is 9.15. The van der Waals surface area contributed by atoms with Crippen LogP contribution in [0.1, 0.15) is 12.8 Å². The molecule has 0 spiro atoms. The summed E-state index contributed by atoms with van der Waals surface area (Å²) in [7, 11) is 0. The van der Waals surface area contributed by atoms with Crippen LogP contribution in [0.25, 0.3) is 10.2 Å². The summed E-state index contributed by atoms with van der Waals surface area (Å²) in [6, 6.07) is 1.68. The van der Waals surface area contributed by atoms with E-state index in [0.717, 1.165) is 48.5 Å². The molecule has 19 heavy (non-hydrogen) atoms. The van der Waals surface area contributed by atoms with E-state index in [0.29, 0.717) is 4.83 Å². The van der Waals surface area contributed by atoms with Crippen molar-refractivity contribution in [1.82, 2.24) is 9.97 Å². The number of thiophene rings is 1. The van der Waals surface area contributed by atoms with E-state index in [2.05, 4.69) is 14.9 Å². The molecule has 0 unspecified atom stereocenters. The van der Waals surface area contributed by atoms with Crippen LogP contribution in [-0.2, 0) is 0 Å². The fourth-order valence-electron chi connectivity index (χ4n) is 2.37. The zero-order valence-corrected chi connectivity index (χ0v) is 11.0. The number of nitrogens with two attached hydrogens (primary N) is 1. The van der Waals surface area contributed by atoms with Gasteiger partial charge in [0.2, 0.25) is 0 Å². The number of nitrogens with zero attached hydrogens (tertiary/aromatic N) is 4. The minimum atomic E-state index is -0.391. The van der Waals surface area contributed by atoms with Crippen molar-refractivity contribution >= 4 is 32.4 Å². The number of anilines is 1. The molecule has 100 valence electrons. The lowest BCUT2D eigenvalue weighted by atomic mass is 10.1. The van der Waals surface area contributed by atoms with Crippen molar-refractivity contribution in [1.29, 1.82) is 0 Å². The minimum absolute atomic E-state index is 0.0954. The first-order valence-corrected chi connectivity index (χ1v) is 6.86. The third-order valence-corrected chi connectivity index (χ3v) is 4.23. The molecule has 2 aromatic heterocycles. The molecular weight excluding hydrogens is 266 g/mol. The van der Waals surface area contributed by atoms with E-state index in [1.807, 2.05) is 0 Å². The first-order valence-electron chi connectivity index (χ1n) is 6.04. The second-order valence-electron chi connectivity index (χ2n) is 4.61. The maximum Gasteiger partial charge on any atom is 0.326 e. The van der Waals surface area contributed by atoms with Crippen LogP contribution in [0, 0.1) is 10.1 Å². The summed E-state index contributed by atoms with van der Waals surface area (Å²) in [6.45, 7) is 1.61. The highest BCUT2D eigenvalue weighted by Crippen LogP contribution is 2.35.